The highest BCUT2D eigenvalue weighted by Crippen LogP contribution is 2.15. The average molecular weight is 238 g/mol. The van der Waals surface area contributed by atoms with Crippen LogP contribution in [0.4, 0.5) is 0 Å². The molecule has 0 atom stereocenters. The van der Waals surface area contributed by atoms with Crippen LogP contribution >= 0.6 is 11.8 Å². The van der Waals surface area contributed by atoms with E-state index in [9.17, 15) is 9.90 Å². The number of thioether (sulfide) groups is 1. The number of carbonyl (C=O) groups is 1. The van der Waals surface area contributed by atoms with Crippen molar-refractivity contribution in [3.8, 4) is 5.75 Å². The summed E-state index contributed by atoms with van der Waals surface area (Å²) in [6.45, 7) is 1.57. The minimum atomic E-state index is -0.0362. The van der Waals surface area contributed by atoms with E-state index in [1.165, 1.54) is 18.5 Å². The summed E-state index contributed by atoms with van der Waals surface area (Å²) in [5.41, 5.74) is 0.465. The maximum absolute atomic E-state index is 12.1. The molecule has 86 valence electrons. The molecule has 0 bridgehead atoms. The van der Waals surface area contributed by atoms with Crippen LogP contribution in [0.3, 0.4) is 0 Å². The molecule has 0 saturated carbocycles. The Labute approximate surface area is 98.7 Å². The van der Waals surface area contributed by atoms with Crippen molar-refractivity contribution in [2.24, 2.45) is 0 Å². The highest BCUT2D eigenvalue weighted by Gasteiger charge is 2.17. The molecule has 1 aliphatic rings. The molecule has 2 rings (SSSR count). The van der Waals surface area contributed by atoms with Crippen LogP contribution in [-0.2, 0) is 0 Å². The summed E-state index contributed by atoms with van der Waals surface area (Å²) in [6, 6.07) is 1.47. The Hall–Kier alpha value is -1.23. The molecule has 0 unspecified atom stereocenters. The molecule has 0 radical (unpaired) electrons. The van der Waals surface area contributed by atoms with Crippen LogP contribution in [-0.4, -0.2) is 45.5 Å². The molecule has 1 amide bonds. The lowest BCUT2D eigenvalue weighted by molar-refractivity contribution is 0.0767. The second-order valence-corrected chi connectivity index (χ2v) is 4.91. The van der Waals surface area contributed by atoms with Gasteiger partial charge in [-0.05, 0) is 18.2 Å². The molecule has 1 aromatic heterocycles. The van der Waals surface area contributed by atoms with Crippen LogP contribution < -0.4 is 0 Å². The third-order valence-corrected chi connectivity index (χ3v) is 3.53. The molecule has 0 aromatic carbocycles. The van der Waals surface area contributed by atoms with Gasteiger partial charge in [0.25, 0.3) is 5.91 Å². The standard InChI is InChI=1S/C11H14N2O2S/c14-10-6-9(7-12-8-10)11(15)13-2-1-4-16-5-3-13/h6-8,14H,1-5H2. The van der Waals surface area contributed by atoms with Crippen molar-refractivity contribution in [1.29, 1.82) is 0 Å². The van der Waals surface area contributed by atoms with Gasteiger partial charge < -0.3 is 10.0 Å². The molecule has 1 fully saturated rings. The number of carbonyl (C=O) groups excluding carboxylic acids is 1. The SMILES string of the molecule is O=C(c1cncc(O)c1)N1CCCSCC1. The first-order valence-corrected chi connectivity index (χ1v) is 6.44. The third-order valence-electron chi connectivity index (χ3n) is 2.48. The Morgan fingerprint density at radius 3 is 3.06 bits per heavy atom. The Morgan fingerprint density at radius 2 is 2.25 bits per heavy atom. The van der Waals surface area contributed by atoms with Crippen molar-refractivity contribution in [1.82, 2.24) is 9.88 Å². The summed E-state index contributed by atoms with van der Waals surface area (Å²) in [5.74, 6) is 2.10. The Bertz CT molecular complexity index is 376. The molecule has 1 aromatic rings. The maximum Gasteiger partial charge on any atom is 0.255 e. The molecule has 16 heavy (non-hydrogen) atoms. The highest BCUT2D eigenvalue weighted by molar-refractivity contribution is 7.99. The van der Waals surface area contributed by atoms with E-state index in [2.05, 4.69) is 4.98 Å². The molecule has 4 nitrogen and oxygen atoms in total. The number of hydrogen-bond donors (Lipinski definition) is 1. The summed E-state index contributed by atoms with van der Waals surface area (Å²) in [7, 11) is 0. The van der Waals surface area contributed by atoms with Crippen molar-refractivity contribution in [2.75, 3.05) is 24.6 Å². The van der Waals surface area contributed by atoms with Crippen LogP contribution in [0.1, 0.15) is 16.8 Å². The number of aromatic hydroxyl groups is 1. The van der Waals surface area contributed by atoms with E-state index in [-0.39, 0.29) is 11.7 Å². The van der Waals surface area contributed by atoms with E-state index in [1.54, 1.807) is 0 Å². The number of amides is 1. The van der Waals surface area contributed by atoms with Gasteiger partial charge in [0.05, 0.1) is 11.8 Å². The predicted molar refractivity (Wildman–Crippen MR) is 63.7 cm³/mol. The number of pyridine rings is 1. The van der Waals surface area contributed by atoms with Gasteiger partial charge in [-0.15, -0.1) is 0 Å². The Kier molecular flexibility index (Phi) is 3.66. The first-order chi connectivity index (χ1) is 7.77. The van der Waals surface area contributed by atoms with Crippen molar-refractivity contribution < 1.29 is 9.90 Å². The lowest BCUT2D eigenvalue weighted by Gasteiger charge is -2.19. The molecule has 1 saturated heterocycles. The second-order valence-electron chi connectivity index (χ2n) is 3.69. The van der Waals surface area contributed by atoms with Crippen LogP contribution in [0, 0.1) is 0 Å². The summed E-state index contributed by atoms with van der Waals surface area (Å²) in [4.78, 5) is 17.7. The first-order valence-electron chi connectivity index (χ1n) is 5.28. The van der Waals surface area contributed by atoms with Crippen LogP contribution in [0.5, 0.6) is 5.75 Å². The lowest BCUT2D eigenvalue weighted by atomic mass is 10.2. The van der Waals surface area contributed by atoms with Crippen molar-refractivity contribution >= 4 is 17.7 Å². The zero-order valence-electron chi connectivity index (χ0n) is 8.93. The predicted octanol–water partition coefficient (Wildman–Crippen LogP) is 1.37. The molecule has 1 aliphatic heterocycles. The van der Waals surface area contributed by atoms with Crippen molar-refractivity contribution in [3.63, 3.8) is 0 Å². The number of hydrogen-bond acceptors (Lipinski definition) is 4. The summed E-state index contributed by atoms with van der Waals surface area (Å²) in [6.07, 6.45) is 3.86. The molecule has 2 heterocycles. The fraction of sp³-hybridized carbons (Fsp3) is 0.455. The van der Waals surface area contributed by atoms with E-state index < -0.39 is 0 Å². The van der Waals surface area contributed by atoms with Crippen LogP contribution in [0.25, 0.3) is 0 Å². The molecule has 0 spiro atoms. The molecule has 5 heteroatoms. The summed E-state index contributed by atoms with van der Waals surface area (Å²) >= 11 is 1.88. The second kappa shape index (κ2) is 5.21. The smallest absolute Gasteiger partial charge is 0.255 e. The monoisotopic (exact) mass is 238 g/mol. The molecular weight excluding hydrogens is 224 g/mol. The van der Waals surface area contributed by atoms with Gasteiger partial charge in [-0.25, -0.2) is 0 Å². The molecule has 0 aliphatic carbocycles. The quantitative estimate of drug-likeness (QED) is 0.802. The highest BCUT2D eigenvalue weighted by atomic mass is 32.2. The van der Waals surface area contributed by atoms with Gasteiger partial charge >= 0.3 is 0 Å². The van der Waals surface area contributed by atoms with E-state index in [0.29, 0.717) is 5.56 Å². The van der Waals surface area contributed by atoms with Gasteiger partial charge in [0.15, 0.2) is 0 Å². The lowest BCUT2D eigenvalue weighted by Crippen LogP contribution is -2.32. The number of rotatable bonds is 1. The minimum absolute atomic E-state index is 0.0362. The zero-order valence-corrected chi connectivity index (χ0v) is 9.74. The van der Waals surface area contributed by atoms with Gasteiger partial charge in [-0.1, -0.05) is 0 Å². The molecular formula is C11H14N2O2S. The number of nitrogens with zero attached hydrogens (tertiary/aromatic N) is 2. The van der Waals surface area contributed by atoms with Crippen molar-refractivity contribution in [3.05, 3.63) is 24.0 Å². The normalized spacial score (nSPS) is 16.9. The largest absolute Gasteiger partial charge is 0.506 e. The van der Waals surface area contributed by atoms with E-state index in [0.717, 1.165) is 31.0 Å². The van der Waals surface area contributed by atoms with Gasteiger partial charge in [-0.2, -0.15) is 11.8 Å². The first kappa shape index (κ1) is 11.3. The van der Waals surface area contributed by atoms with Gasteiger partial charge in [-0.3, -0.25) is 9.78 Å². The van der Waals surface area contributed by atoms with Crippen LogP contribution in [0.2, 0.25) is 0 Å². The number of aromatic nitrogens is 1. The minimum Gasteiger partial charge on any atom is -0.506 e. The van der Waals surface area contributed by atoms with Gasteiger partial charge in [0, 0.05) is 25.0 Å². The van der Waals surface area contributed by atoms with Gasteiger partial charge in [0.1, 0.15) is 5.75 Å². The maximum atomic E-state index is 12.1. The third kappa shape index (κ3) is 2.66. The zero-order chi connectivity index (χ0) is 11.4. The summed E-state index contributed by atoms with van der Waals surface area (Å²) in [5, 5.41) is 9.28. The fourth-order valence-electron chi connectivity index (χ4n) is 1.68. The average Bonchev–Trinajstić information content (AvgIpc) is 2.56. The van der Waals surface area contributed by atoms with Crippen LogP contribution in [0.15, 0.2) is 18.5 Å². The van der Waals surface area contributed by atoms with E-state index in [4.69, 9.17) is 0 Å². The van der Waals surface area contributed by atoms with E-state index in [1.807, 2.05) is 16.7 Å². The Morgan fingerprint density at radius 1 is 1.38 bits per heavy atom. The summed E-state index contributed by atoms with van der Waals surface area (Å²) < 4.78 is 0. The van der Waals surface area contributed by atoms with Gasteiger partial charge in [0.2, 0.25) is 0 Å². The topological polar surface area (TPSA) is 53.4 Å². The van der Waals surface area contributed by atoms with Crippen molar-refractivity contribution in [2.45, 2.75) is 6.42 Å². The molecule has 1 N–H and O–H groups in total. The van der Waals surface area contributed by atoms with E-state index >= 15 is 0 Å². The Balaban J connectivity index is 2.11. The fourth-order valence-corrected chi connectivity index (χ4v) is 2.56.